The maximum absolute atomic E-state index is 4.34. The minimum absolute atomic E-state index is 0.804. The molecule has 0 N–H and O–H groups in total. The number of hydrogen-bond acceptors (Lipinski definition) is 3. The highest BCUT2D eigenvalue weighted by Crippen LogP contribution is 2.22. The van der Waals surface area contributed by atoms with Crippen LogP contribution in [-0.2, 0) is 26.3 Å². The molecule has 114 valence electrons. The van der Waals surface area contributed by atoms with Crippen molar-refractivity contribution in [3.63, 3.8) is 0 Å². The lowest BCUT2D eigenvalue weighted by Crippen LogP contribution is -2.03. The smallest absolute Gasteiger partial charge is 0.191 e. The first-order valence-corrected chi connectivity index (χ1v) is 8.29. The van der Waals surface area contributed by atoms with Crippen molar-refractivity contribution in [2.45, 2.75) is 24.3 Å². The summed E-state index contributed by atoms with van der Waals surface area (Å²) in [6.07, 6.45) is 2.86. The molecule has 0 unspecified atom stereocenters. The third-order valence-electron chi connectivity index (χ3n) is 3.80. The Labute approximate surface area is 135 Å². The number of rotatable bonds is 5. The second-order valence-electron chi connectivity index (χ2n) is 5.52. The van der Waals surface area contributed by atoms with Gasteiger partial charge in [-0.2, -0.15) is 0 Å². The largest absolute Gasteiger partial charge is 0.354 e. The van der Waals surface area contributed by atoms with Gasteiger partial charge in [0.05, 0.1) is 0 Å². The molecule has 4 nitrogen and oxygen atoms in total. The van der Waals surface area contributed by atoms with Gasteiger partial charge < -0.3 is 9.13 Å². The Kier molecular flexibility index (Phi) is 4.34. The highest BCUT2D eigenvalue weighted by Gasteiger charge is 2.11. The van der Waals surface area contributed by atoms with Crippen LogP contribution in [0.25, 0.3) is 0 Å². The number of aryl methyl sites for hydroxylation is 2. The van der Waals surface area contributed by atoms with Crippen LogP contribution in [0.2, 0.25) is 0 Å². The number of aromatic nitrogens is 4. The molecule has 3 rings (SSSR count). The van der Waals surface area contributed by atoms with E-state index in [1.807, 2.05) is 7.05 Å². The molecule has 0 saturated heterocycles. The van der Waals surface area contributed by atoms with Crippen molar-refractivity contribution >= 4 is 11.8 Å². The number of hydrogen-bond donors (Lipinski definition) is 0. The lowest BCUT2D eigenvalue weighted by atomic mass is 10.2. The molecular formula is C17H20N4S. The summed E-state index contributed by atoms with van der Waals surface area (Å²) in [6, 6.07) is 12.8. The molecule has 1 aromatic carbocycles. The summed E-state index contributed by atoms with van der Waals surface area (Å²) in [6.45, 7) is 2.11. The highest BCUT2D eigenvalue weighted by atomic mass is 32.2. The summed E-state index contributed by atoms with van der Waals surface area (Å²) in [5, 5.41) is 9.62. The Hall–Kier alpha value is -2.01. The van der Waals surface area contributed by atoms with Gasteiger partial charge in [-0.25, -0.2) is 0 Å². The third kappa shape index (κ3) is 3.25. The first kappa shape index (κ1) is 14.9. The summed E-state index contributed by atoms with van der Waals surface area (Å²) in [5.74, 6) is 1.91. The molecule has 0 saturated carbocycles. The zero-order valence-corrected chi connectivity index (χ0v) is 14.0. The van der Waals surface area contributed by atoms with Crippen molar-refractivity contribution in [2.24, 2.45) is 14.1 Å². The number of benzene rings is 1. The van der Waals surface area contributed by atoms with Crippen LogP contribution in [0.5, 0.6) is 0 Å². The average Bonchev–Trinajstić information content (AvgIpc) is 3.07. The Morgan fingerprint density at radius 3 is 2.50 bits per heavy atom. The van der Waals surface area contributed by atoms with E-state index in [0.29, 0.717) is 0 Å². The van der Waals surface area contributed by atoms with E-state index in [4.69, 9.17) is 0 Å². The monoisotopic (exact) mass is 312 g/mol. The molecule has 0 amide bonds. The summed E-state index contributed by atoms with van der Waals surface area (Å²) < 4.78 is 4.21. The molecule has 2 heterocycles. The number of thioether (sulfide) groups is 1. The van der Waals surface area contributed by atoms with Crippen LogP contribution in [0.3, 0.4) is 0 Å². The molecule has 0 bridgehead atoms. The van der Waals surface area contributed by atoms with Gasteiger partial charge in [-0.15, -0.1) is 10.2 Å². The summed E-state index contributed by atoms with van der Waals surface area (Å²) in [7, 11) is 4.09. The van der Waals surface area contributed by atoms with E-state index < -0.39 is 0 Å². The second-order valence-corrected chi connectivity index (χ2v) is 6.46. The minimum atomic E-state index is 0.804. The molecule has 22 heavy (non-hydrogen) atoms. The predicted molar refractivity (Wildman–Crippen MR) is 90.0 cm³/mol. The van der Waals surface area contributed by atoms with Gasteiger partial charge in [0.25, 0.3) is 0 Å². The van der Waals surface area contributed by atoms with E-state index in [2.05, 4.69) is 75.9 Å². The third-order valence-corrected chi connectivity index (χ3v) is 4.90. The molecular weight excluding hydrogens is 292 g/mol. The van der Waals surface area contributed by atoms with Crippen molar-refractivity contribution in [3.05, 3.63) is 65.2 Å². The van der Waals surface area contributed by atoms with E-state index in [0.717, 1.165) is 23.2 Å². The van der Waals surface area contributed by atoms with Crippen LogP contribution < -0.4 is 0 Å². The molecule has 0 radical (unpaired) electrons. The van der Waals surface area contributed by atoms with E-state index >= 15 is 0 Å². The van der Waals surface area contributed by atoms with Gasteiger partial charge in [0.1, 0.15) is 5.82 Å². The zero-order valence-electron chi connectivity index (χ0n) is 13.2. The van der Waals surface area contributed by atoms with Crippen LogP contribution in [0.15, 0.2) is 47.8 Å². The normalized spacial score (nSPS) is 11.0. The van der Waals surface area contributed by atoms with Gasteiger partial charge in [0, 0.05) is 38.2 Å². The SMILES string of the molecule is Cc1ccc(CSc2nnc(Cc3cccn3C)n2C)cc1. The van der Waals surface area contributed by atoms with Crippen LogP contribution >= 0.6 is 11.8 Å². The van der Waals surface area contributed by atoms with E-state index in [1.165, 1.54) is 16.8 Å². The van der Waals surface area contributed by atoms with Gasteiger partial charge in [0.15, 0.2) is 5.16 Å². The van der Waals surface area contributed by atoms with Crippen molar-refractivity contribution in [3.8, 4) is 0 Å². The fourth-order valence-electron chi connectivity index (χ4n) is 2.30. The molecule has 0 spiro atoms. The predicted octanol–water partition coefficient (Wildman–Crippen LogP) is 3.35. The maximum atomic E-state index is 4.34. The molecule has 3 aromatic rings. The van der Waals surface area contributed by atoms with Gasteiger partial charge >= 0.3 is 0 Å². The van der Waals surface area contributed by atoms with Crippen LogP contribution in [0.4, 0.5) is 0 Å². The Morgan fingerprint density at radius 1 is 1.05 bits per heavy atom. The lowest BCUT2D eigenvalue weighted by molar-refractivity contribution is 0.731. The van der Waals surface area contributed by atoms with Gasteiger partial charge in [0.2, 0.25) is 0 Å². The maximum Gasteiger partial charge on any atom is 0.191 e. The van der Waals surface area contributed by atoms with Crippen molar-refractivity contribution in [2.75, 3.05) is 0 Å². The van der Waals surface area contributed by atoms with Gasteiger partial charge in [-0.05, 0) is 24.6 Å². The molecule has 5 heteroatoms. The van der Waals surface area contributed by atoms with Crippen LogP contribution in [0, 0.1) is 6.92 Å². The Bertz CT molecular complexity index is 755. The summed E-state index contributed by atoms with van der Waals surface area (Å²) in [5.41, 5.74) is 3.84. The molecule has 0 aliphatic heterocycles. The van der Waals surface area contributed by atoms with Crippen LogP contribution in [-0.4, -0.2) is 19.3 Å². The highest BCUT2D eigenvalue weighted by molar-refractivity contribution is 7.98. The molecule has 0 aliphatic carbocycles. The average molecular weight is 312 g/mol. The molecule has 2 aromatic heterocycles. The Morgan fingerprint density at radius 2 is 1.82 bits per heavy atom. The van der Waals surface area contributed by atoms with Crippen molar-refractivity contribution in [1.82, 2.24) is 19.3 Å². The topological polar surface area (TPSA) is 35.6 Å². The summed E-state index contributed by atoms with van der Waals surface area (Å²) >= 11 is 1.73. The van der Waals surface area contributed by atoms with Crippen molar-refractivity contribution in [1.29, 1.82) is 0 Å². The molecule has 0 atom stereocenters. The van der Waals surface area contributed by atoms with E-state index in [-0.39, 0.29) is 0 Å². The standard InChI is InChI=1S/C17H20N4S/c1-13-6-8-14(9-7-13)12-22-17-19-18-16(21(17)3)11-15-5-4-10-20(15)2/h4-10H,11-12H2,1-3H3. The fourth-order valence-corrected chi connectivity index (χ4v) is 3.18. The van der Waals surface area contributed by atoms with E-state index in [9.17, 15) is 0 Å². The van der Waals surface area contributed by atoms with Gasteiger partial charge in [-0.1, -0.05) is 41.6 Å². The van der Waals surface area contributed by atoms with Crippen molar-refractivity contribution < 1.29 is 0 Å². The molecule has 0 fully saturated rings. The summed E-state index contributed by atoms with van der Waals surface area (Å²) in [4.78, 5) is 0. The zero-order chi connectivity index (χ0) is 15.5. The minimum Gasteiger partial charge on any atom is -0.354 e. The second kappa shape index (κ2) is 6.40. The lowest BCUT2D eigenvalue weighted by Gasteiger charge is -2.05. The van der Waals surface area contributed by atoms with Gasteiger partial charge in [-0.3, -0.25) is 0 Å². The Balaban J connectivity index is 1.68. The van der Waals surface area contributed by atoms with E-state index in [1.54, 1.807) is 11.8 Å². The van der Waals surface area contributed by atoms with Crippen LogP contribution in [0.1, 0.15) is 22.6 Å². The fraction of sp³-hybridized carbons (Fsp3) is 0.294. The molecule has 0 aliphatic rings. The quantitative estimate of drug-likeness (QED) is 0.678. The number of nitrogens with zero attached hydrogens (tertiary/aromatic N) is 4. The first-order valence-electron chi connectivity index (χ1n) is 7.30. The first-order chi connectivity index (χ1) is 10.6.